The van der Waals surface area contributed by atoms with Gasteiger partial charge < -0.3 is 0 Å². The van der Waals surface area contributed by atoms with Crippen molar-refractivity contribution < 1.29 is 9.72 Å². The van der Waals surface area contributed by atoms with E-state index in [1.807, 2.05) is 4.90 Å². The van der Waals surface area contributed by atoms with Crippen LogP contribution in [0.4, 0.5) is 11.6 Å². The van der Waals surface area contributed by atoms with E-state index in [-0.39, 0.29) is 29.1 Å². The largest absolute Gasteiger partial charge is 0.273 e. The van der Waals surface area contributed by atoms with Gasteiger partial charge in [0, 0.05) is 35.6 Å². The van der Waals surface area contributed by atoms with Gasteiger partial charge in [-0.2, -0.15) is 10.1 Å². The highest BCUT2D eigenvalue weighted by atomic mass is 16.6. The van der Waals surface area contributed by atoms with Crippen molar-refractivity contribution in [3.8, 4) is 0 Å². The van der Waals surface area contributed by atoms with E-state index in [0.717, 1.165) is 37.9 Å². The van der Waals surface area contributed by atoms with E-state index in [1.54, 1.807) is 12.1 Å². The molecular formula is C24H31N5O3. The average Bonchev–Trinajstić information content (AvgIpc) is 3.26. The molecule has 2 heterocycles. The standard InChI is InChI=1S/C24H31N5O3/c1-16(2)21-25-23-27(22(30)17-9-8-10-18(15-17)29(31)32)20-12-5-4-11-19(20)24(28(23)26-21)13-6-3-7-14-24/h8-10,15-16,19-20H,3-7,11-14H2,1-2H3/t19-,20+/m1/s1. The van der Waals surface area contributed by atoms with Gasteiger partial charge in [0.15, 0.2) is 5.82 Å². The lowest BCUT2D eigenvalue weighted by atomic mass is 9.64. The Bertz CT molecular complexity index is 1040. The minimum Gasteiger partial charge on any atom is -0.273 e. The molecule has 1 aliphatic heterocycles. The minimum absolute atomic E-state index is 0.0605. The molecule has 1 amide bonds. The molecule has 2 fully saturated rings. The number of hydrogen-bond acceptors (Lipinski definition) is 5. The van der Waals surface area contributed by atoms with Crippen LogP contribution in [0.3, 0.4) is 0 Å². The molecule has 8 nitrogen and oxygen atoms in total. The number of anilines is 1. The number of nitrogens with zero attached hydrogens (tertiary/aromatic N) is 5. The fraction of sp³-hybridized carbons (Fsp3) is 0.625. The summed E-state index contributed by atoms with van der Waals surface area (Å²) in [7, 11) is 0. The molecule has 1 aromatic heterocycles. The smallest absolute Gasteiger partial charge is 0.270 e. The molecule has 1 spiro atoms. The summed E-state index contributed by atoms with van der Waals surface area (Å²) in [6.45, 7) is 4.16. The highest BCUT2D eigenvalue weighted by Crippen LogP contribution is 2.53. The Morgan fingerprint density at radius 1 is 1.16 bits per heavy atom. The Labute approximate surface area is 188 Å². The number of non-ortho nitro benzene ring substituents is 1. The van der Waals surface area contributed by atoms with Gasteiger partial charge in [-0.15, -0.1) is 0 Å². The SMILES string of the molecule is CC(C)c1nc2n(n1)C1(CCCCC1)[C@@H]1CCCC[C@@H]1N2C(=O)c1cccc([N+](=O)[O-])c1. The van der Waals surface area contributed by atoms with E-state index < -0.39 is 4.92 Å². The summed E-state index contributed by atoms with van der Waals surface area (Å²) in [5.41, 5.74) is 0.197. The molecule has 0 bridgehead atoms. The summed E-state index contributed by atoms with van der Waals surface area (Å²) in [4.78, 5) is 31.5. The summed E-state index contributed by atoms with van der Waals surface area (Å²) in [5.74, 6) is 1.69. The van der Waals surface area contributed by atoms with Crippen LogP contribution >= 0.6 is 0 Å². The maximum absolute atomic E-state index is 13.9. The number of benzene rings is 1. The fourth-order valence-corrected chi connectivity index (χ4v) is 6.25. The molecule has 5 rings (SSSR count). The van der Waals surface area contributed by atoms with Gasteiger partial charge >= 0.3 is 0 Å². The second-order valence-corrected chi connectivity index (χ2v) is 9.94. The molecule has 8 heteroatoms. The van der Waals surface area contributed by atoms with Gasteiger partial charge in [-0.1, -0.05) is 52.0 Å². The predicted octanol–water partition coefficient (Wildman–Crippen LogP) is 5.19. The van der Waals surface area contributed by atoms with Crippen LogP contribution in [-0.4, -0.2) is 31.6 Å². The normalized spacial score (nSPS) is 24.3. The Kier molecular flexibility index (Phi) is 5.26. The molecule has 32 heavy (non-hydrogen) atoms. The topological polar surface area (TPSA) is 94.2 Å². The van der Waals surface area contributed by atoms with Gasteiger partial charge in [-0.25, -0.2) is 4.68 Å². The van der Waals surface area contributed by atoms with E-state index in [4.69, 9.17) is 10.1 Å². The van der Waals surface area contributed by atoms with Crippen LogP contribution in [0.1, 0.15) is 93.7 Å². The molecule has 2 atom stereocenters. The number of aromatic nitrogens is 3. The zero-order valence-corrected chi connectivity index (χ0v) is 18.9. The van der Waals surface area contributed by atoms with Gasteiger partial charge in [0.05, 0.1) is 10.5 Å². The van der Waals surface area contributed by atoms with Crippen LogP contribution in [0.5, 0.6) is 0 Å². The number of hydrogen-bond donors (Lipinski definition) is 0. The van der Waals surface area contributed by atoms with Crippen molar-refractivity contribution in [1.82, 2.24) is 14.8 Å². The molecule has 3 aliphatic rings. The summed E-state index contributed by atoms with van der Waals surface area (Å²) in [6.07, 6.45) is 10.1. The monoisotopic (exact) mass is 437 g/mol. The third kappa shape index (κ3) is 3.22. The van der Waals surface area contributed by atoms with Gasteiger partial charge in [0.1, 0.15) is 0 Å². The predicted molar refractivity (Wildman–Crippen MR) is 121 cm³/mol. The summed E-state index contributed by atoms with van der Waals surface area (Å²) in [6, 6.07) is 6.12. The van der Waals surface area contributed by atoms with Crippen molar-refractivity contribution in [2.45, 2.75) is 89.1 Å². The first kappa shape index (κ1) is 21.1. The Hall–Kier alpha value is -2.77. The third-order valence-corrected chi connectivity index (χ3v) is 7.75. The summed E-state index contributed by atoms with van der Waals surface area (Å²) < 4.78 is 2.10. The molecule has 1 aromatic carbocycles. The zero-order chi connectivity index (χ0) is 22.5. The van der Waals surface area contributed by atoms with Crippen LogP contribution < -0.4 is 4.90 Å². The van der Waals surface area contributed by atoms with Crippen LogP contribution in [0, 0.1) is 16.0 Å². The van der Waals surface area contributed by atoms with Crippen molar-refractivity contribution in [2.24, 2.45) is 5.92 Å². The van der Waals surface area contributed by atoms with E-state index >= 15 is 0 Å². The highest BCUT2D eigenvalue weighted by molar-refractivity contribution is 6.06. The van der Waals surface area contributed by atoms with Crippen LogP contribution in [-0.2, 0) is 5.54 Å². The number of carbonyl (C=O) groups is 1. The number of amides is 1. The molecule has 2 aromatic rings. The molecular weight excluding hydrogens is 406 g/mol. The first-order chi connectivity index (χ1) is 15.4. The van der Waals surface area contributed by atoms with E-state index in [0.29, 0.717) is 17.4 Å². The number of nitro benzene ring substituents is 1. The maximum Gasteiger partial charge on any atom is 0.270 e. The summed E-state index contributed by atoms with van der Waals surface area (Å²) in [5, 5.41) is 16.3. The number of rotatable bonds is 3. The fourth-order valence-electron chi connectivity index (χ4n) is 6.25. The van der Waals surface area contributed by atoms with Crippen LogP contribution in [0.2, 0.25) is 0 Å². The van der Waals surface area contributed by atoms with E-state index in [1.165, 1.54) is 37.8 Å². The molecule has 0 unspecified atom stereocenters. The molecule has 0 N–H and O–H groups in total. The first-order valence-corrected chi connectivity index (χ1v) is 12.0. The quantitative estimate of drug-likeness (QED) is 0.487. The molecule has 0 saturated heterocycles. The lowest BCUT2D eigenvalue weighted by Crippen LogP contribution is -2.61. The Balaban J connectivity index is 1.66. The maximum atomic E-state index is 13.9. The molecule has 170 valence electrons. The van der Waals surface area contributed by atoms with Crippen molar-refractivity contribution in [1.29, 1.82) is 0 Å². The lowest BCUT2D eigenvalue weighted by molar-refractivity contribution is -0.384. The lowest BCUT2D eigenvalue weighted by Gasteiger charge is -2.55. The second kappa shape index (κ2) is 7.98. The Morgan fingerprint density at radius 3 is 2.62 bits per heavy atom. The van der Waals surface area contributed by atoms with Gasteiger partial charge in [-0.05, 0) is 31.7 Å². The number of carbonyl (C=O) groups excluding carboxylic acids is 1. The average molecular weight is 438 g/mol. The third-order valence-electron chi connectivity index (χ3n) is 7.75. The van der Waals surface area contributed by atoms with Crippen LogP contribution in [0.15, 0.2) is 24.3 Å². The van der Waals surface area contributed by atoms with Gasteiger partial charge in [-0.3, -0.25) is 19.8 Å². The zero-order valence-electron chi connectivity index (χ0n) is 18.9. The molecule has 2 saturated carbocycles. The van der Waals surface area contributed by atoms with Gasteiger partial charge in [0.2, 0.25) is 5.95 Å². The minimum atomic E-state index is -0.452. The van der Waals surface area contributed by atoms with Crippen molar-refractivity contribution in [2.75, 3.05) is 4.90 Å². The van der Waals surface area contributed by atoms with Crippen LogP contribution in [0.25, 0.3) is 0 Å². The highest BCUT2D eigenvalue weighted by Gasteiger charge is 2.55. The van der Waals surface area contributed by atoms with Crippen molar-refractivity contribution >= 4 is 17.5 Å². The van der Waals surface area contributed by atoms with Crippen molar-refractivity contribution in [3.63, 3.8) is 0 Å². The number of fused-ring (bicyclic) bond motifs is 4. The van der Waals surface area contributed by atoms with E-state index in [2.05, 4.69) is 18.5 Å². The van der Waals surface area contributed by atoms with E-state index in [9.17, 15) is 14.9 Å². The second-order valence-electron chi connectivity index (χ2n) is 9.94. The molecule has 2 aliphatic carbocycles. The Morgan fingerprint density at radius 2 is 1.91 bits per heavy atom. The first-order valence-electron chi connectivity index (χ1n) is 12.0. The number of nitro groups is 1. The molecule has 0 radical (unpaired) electrons. The van der Waals surface area contributed by atoms with Crippen molar-refractivity contribution in [3.05, 3.63) is 45.8 Å². The van der Waals surface area contributed by atoms with Gasteiger partial charge in [0.25, 0.3) is 11.6 Å². The summed E-state index contributed by atoms with van der Waals surface area (Å²) >= 11 is 0.